The summed E-state index contributed by atoms with van der Waals surface area (Å²) in [5.74, 6) is 1.23. The Kier molecular flexibility index (Phi) is 3.77. The largest absolute Gasteiger partial charge is 0.344 e. The number of carbonyl (C=O) groups is 1. The summed E-state index contributed by atoms with van der Waals surface area (Å²) >= 11 is 0. The molecule has 0 aliphatic heterocycles. The predicted octanol–water partition coefficient (Wildman–Crippen LogP) is -0.831. The smallest absolute Gasteiger partial charge is 0.295 e. The van der Waals surface area contributed by atoms with Crippen molar-refractivity contribution < 1.29 is 13.2 Å². The van der Waals surface area contributed by atoms with Gasteiger partial charge in [0.2, 0.25) is 0 Å². The zero-order chi connectivity index (χ0) is 9.78. The molecule has 1 atom stereocenters. The summed E-state index contributed by atoms with van der Waals surface area (Å²) in [6, 6.07) is 0. The van der Waals surface area contributed by atoms with E-state index in [0.29, 0.717) is 0 Å². The number of sulfone groups is 1. The summed E-state index contributed by atoms with van der Waals surface area (Å²) < 4.78 is 21.7. The number of hydrogen-bond acceptors (Lipinski definition) is 3. The lowest BCUT2D eigenvalue weighted by Crippen LogP contribution is -2.33. The SMILES string of the molecule is C#CC(=O)NCC(C)S(C)(=O)=O. The molecule has 0 saturated heterocycles. The van der Waals surface area contributed by atoms with Crippen molar-refractivity contribution in [1.82, 2.24) is 5.32 Å². The molecule has 0 saturated carbocycles. The van der Waals surface area contributed by atoms with Gasteiger partial charge >= 0.3 is 0 Å². The second-order valence-corrected chi connectivity index (χ2v) is 4.96. The molecule has 0 rings (SSSR count). The van der Waals surface area contributed by atoms with Crippen LogP contribution in [-0.2, 0) is 14.6 Å². The first kappa shape index (κ1) is 11.0. The quantitative estimate of drug-likeness (QED) is 0.589. The molecule has 5 heteroatoms. The van der Waals surface area contributed by atoms with Crippen LogP contribution in [-0.4, -0.2) is 32.4 Å². The molecule has 1 N–H and O–H groups in total. The normalized spacial score (nSPS) is 13.1. The number of nitrogens with one attached hydrogen (secondary N) is 1. The third-order valence-electron chi connectivity index (χ3n) is 1.41. The van der Waals surface area contributed by atoms with Crippen molar-refractivity contribution in [3.8, 4) is 12.3 Å². The molecule has 12 heavy (non-hydrogen) atoms. The molecular formula is C7H11NO3S. The minimum atomic E-state index is -3.09. The highest BCUT2D eigenvalue weighted by molar-refractivity contribution is 7.91. The van der Waals surface area contributed by atoms with Crippen LogP contribution >= 0.6 is 0 Å². The maximum atomic E-state index is 10.8. The third-order valence-corrected chi connectivity index (χ3v) is 3.04. The predicted molar refractivity (Wildman–Crippen MR) is 46.1 cm³/mol. The summed E-state index contributed by atoms with van der Waals surface area (Å²) in [6.07, 6.45) is 5.87. The van der Waals surface area contributed by atoms with Gasteiger partial charge in [0.15, 0.2) is 9.84 Å². The van der Waals surface area contributed by atoms with E-state index in [2.05, 4.69) is 5.32 Å². The number of rotatable bonds is 3. The summed E-state index contributed by atoms with van der Waals surface area (Å²) in [5.41, 5.74) is 0. The van der Waals surface area contributed by atoms with Crippen LogP contribution in [0, 0.1) is 12.3 Å². The number of terminal acetylenes is 1. The van der Waals surface area contributed by atoms with Crippen molar-refractivity contribution >= 4 is 15.7 Å². The van der Waals surface area contributed by atoms with E-state index in [1.807, 2.05) is 5.92 Å². The van der Waals surface area contributed by atoms with E-state index in [9.17, 15) is 13.2 Å². The van der Waals surface area contributed by atoms with E-state index < -0.39 is 21.0 Å². The van der Waals surface area contributed by atoms with Crippen molar-refractivity contribution in [1.29, 1.82) is 0 Å². The van der Waals surface area contributed by atoms with Crippen LogP contribution in [0.3, 0.4) is 0 Å². The highest BCUT2D eigenvalue weighted by Gasteiger charge is 2.14. The van der Waals surface area contributed by atoms with Gasteiger partial charge in [-0.05, 0) is 12.8 Å². The Labute approximate surface area is 72.3 Å². The Bertz CT molecular complexity index is 299. The fourth-order valence-electron chi connectivity index (χ4n) is 0.439. The van der Waals surface area contributed by atoms with E-state index in [4.69, 9.17) is 6.42 Å². The van der Waals surface area contributed by atoms with Crippen LogP contribution in [0.1, 0.15) is 6.92 Å². The lowest BCUT2D eigenvalue weighted by Gasteiger charge is -2.07. The van der Waals surface area contributed by atoms with Crippen LogP contribution in [0.25, 0.3) is 0 Å². The lowest BCUT2D eigenvalue weighted by atomic mass is 10.4. The van der Waals surface area contributed by atoms with Gasteiger partial charge in [0.1, 0.15) is 0 Å². The van der Waals surface area contributed by atoms with Gasteiger partial charge in [-0.15, -0.1) is 6.42 Å². The van der Waals surface area contributed by atoms with Gasteiger partial charge in [0.05, 0.1) is 5.25 Å². The average Bonchev–Trinajstić information content (AvgIpc) is 1.97. The van der Waals surface area contributed by atoms with Crippen LogP contribution in [0.5, 0.6) is 0 Å². The van der Waals surface area contributed by atoms with E-state index in [1.54, 1.807) is 0 Å². The summed E-state index contributed by atoms with van der Waals surface area (Å²) in [6.45, 7) is 1.56. The van der Waals surface area contributed by atoms with Crippen molar-refractivity contribution in [3.63, 3.8) is 0 Å². The average molecular weight is 189 g/mol. The highest BCUT2D eigenvalue weighted by atomic mass is 32.2. The molecule has 0 heterocycles. The molecule has 0 bridgehead atoms. The topological polar surface area (TPSA) is 63.2 Å². The third kappa shape index (κ3) is 3.98. The molecule has 4 nitrogen and oxygen atoms in total. The first-order valence-corrected chi connectivity index (χ1v) is 5.26. The fourth-order valence-corrected chi connectivity index (χ4v) is 0.825. The molecule has 0 fully saturated rings. The summed E-state index contributed by atoms with van der Waals surface area (Å²) in [4.78, 5) is 10.5. The first-order chi connectivity index (χ1) is 5.38. The Hall–Kier alpha value is -1.02. The fraction of sp³-hybridized carbons (Fsp3) is 0.571. The van der Waals surface area contributed by atoms with Gasteiger partial charge < -0.3 is 5.32 Å². The highest BCUT2D eigenvalue weighted by Crippen LogP contribution is 1.94. The Morgan fingerprint density at radius 1 is 1.67 bits per heavy atom. The van der Waals surface area contributed by atoms with E-state index in [0.717, 1.165) is 6.26 Å². The van der Waals surface area contributed by atoms with Crippen molar-refractivity contribution in [2.75, 3.05) is 12.8 Å². The summed E-state index contributed by atoms with van der Waals surface area (Å²) in [7, 11) is -3.09. The van der Waals surface area contributed by atoms with Gasteiger partial charge in [0.25, 0.3) is 5.91 Å². The Morgan fingerprint density at radius 2 is 2.17 bits per heavy atom. The molecule has 0 aliphatic carbocycles. The monoisotopic (exact) mass is 189 g/mol. The number of amides is 1. The van der Waals surface area contributed by atoms with Crippen molar-refractivity contribution in [2.45, 2.75) is 12.2 Å². The molecule has 0 aromatic carbocycles. The number of hydrogen-bond donors (Lipinski definition) is 1. The summed E-state index contributed by atoms with van der Waals surface area (Å²) in [5, 5.41) is 1.68. The molecule has 1 amide bonds. The molecule has 1 unspecified atom stereocenters. The zero-order valence-electron chi connectivity index (χ0n) is 6.99. The molecule has 68 valence electrons. The van der Waals surface area contributed by atoms with E-state index in [-0.39, 0.29) is 6.54 Å². The minimum absolute atomic E-state index is 0.0574. The maximum Gasteiger partial charge on any atom is 0.295 e. The van der Waals surface area contributed by atoms with Gasteiger partial charge in [-0.25, -0.2) is 8.42 Å². The molecule has 0 aromatic rings. The van der Waals surface area contributed by atoms with Crippen LogP contribution < -0.4 is 5.32 Å². The van der Waals surface area contributed by atoms with Crippen molar-refractivity contribution in [2.24, 2.45) is 0 Å². The van der Waals surface area contributed by atoms with Gasteiger partial charge in [-0.3, -0.25) is 4.79 Å². The molecule has 0 spiro atoms. The van der Waals surface area contributed by atoms with Gasteiger partial charge in [0, 0.05) is 12.8 Å². The Morgan fingerprint density at radius 3 is 2.50 bits per heavy atom. The van der Waals surface area contributed by atoms with E-state index in [1.165, 1.54) is 6.92 Å². The maximum absolute atomic E-state index is 10.8. The molecule has 0 aromatic heterocycles. The van der Waals surface area contributed by atoms with Gasteiger partial charge in [-0.2, -0.15) is 0 Å². The van der Waals surface area contributed by atoms with Crippen LogP contribution in [0.4, 0.5) is 0 Å². The second-order valence-electron chi connectivity index (χ2n) is 2.49. The van der Waals surface area contributed by atoms with Crippen molar-refractivity contribution in [3.05, 3.63) is 0 Å². The molecule has 0 radical (unpaired) electrons. The first-order valence-electron chi connectivity index (χ1n) is 3.31. The van der Waals surface area contributed by atoms with Crippen LogP contribution in [0.2, 0.25) is 0 Å². The second kappa shape index (κ2) is 4.12. The Balaban J connectivity index is 3.99. The van der Waals surface area contributed by atoms with Gasteiger partial charge in [-0.1, -0.05) is 0 Å². The number of carbonyl (C=O) groups excluding carboxylic acids is 1. The molecule has 0 aliphatic rings. The van der Waals surface area contributed by atoms with E-state index >= 15 is 0 Å². The molecular weight excluding hydrogens is 178 g/mol. The zero-order valence-corrected chi connectivity index (χ0v) is 7.81. The van der Waals surface area contributed by atoms with Crippen LogP contribution in [0.15, 0.2) is 0 Å². The standard InChI is InChI=1S/C7H11NO3S/c1-4-7(9)8-5-6(2)12(3,10)11/h1,6H,5H2,2-3H3,(H,8,9). The minimum Gasteiger partial charge on any atom is -0.344 e. The lowest BCUT2D eigenvalue weighted by molar-refractivity contribution is -0.115.